The molecule has 4 nitrogen and oxygen atoms in total. The van der Waals surface area contributed by atoms with E-state index in [0.717, 1.165) is 17.2 Å². The molecule has 5 heteroatoms. The van der Waals surface area contributed by atoms with Crippen molar-refractivity contribution in [3.05, 3.63) is 5.96 Å². The van der Waals surface area contributed by atoms with Gasteiger partial charge in [-0.25, -0.2) is 0 Å². The van der Waals surface area contributed by atoms with Crippen molar-refractivity contribution in [3.8, 4) is 0 Å². The first-order valence-electron chi connectivity index (χ1n) is 6.68. The monoisotopic (exact) mass is 248 g/mol. The second kappa shape index (κ2) is 6.62. The van der Waals surface area contributed by atoms with Gasteiger partial charge in [-0.15, -0.1) is 0 Å². The predicted octanol–water partition coefficient (Wildman–Crippen LogP) is 2.88. The van der Waals surface area contributed by atoms with Gasteiger partial charge in [0.25, 0.3) is 0 Å². The van der Waals surface area contributed by atoms with Crippen LogP contribution >= 0.6 is 0 Å². The molecule has 0 unspecified atom stereocenters. The van der Waals surface area contributed by atoms with E-state index in [4.69, 9.17) is 0 Å². The van der Waals surface area contributed by atoms with Crippen molar-refractivity contribution in [1.82, 2.24) is 4.89 Å². The molecule has 18 heavy (non-hydrogen) atoms. The van der Waals surface area contributed by atoms with Gasteiger partial charge < -0.3 is 0 Å². The van der Waals surface area contributed by atoms with Crippen molar-refractivity contribution in [2.24, 2.45) is 0 Å². The first-order chi connectivity index (χ1) is 8.40. The maximum atomic E-state index is 4.43. The van der Waals surface area contributed by atoms with Crippen LogP contribution in [0.15, 0.2) is 5.96 Å². The predicted molar refractivity (Wildman–Crippen MR) is 81.9 cm³/mol. The van der Waals surface area contributed by atoms with E-state index in [1.165, 1.54) is 0 Å². The fourth-order valence-electron chi connectivity index (χ4n) is 1.71. The normalized spacial score (nSPS) is 10.9. The molecule has 0 aliphatic carbocycles. The number of anilines is 3. The van der Waals surface area contributed by atoms with Crippen LogP contribution in [-0.4, -0.2) is 30.1 Å². The number of aromatic nitrogens is 1. The Balaban J connectivity index is 3.08. The molecule has 1 aromatic heterocycles. The van der Waals surface area contributed by atoms with Crippen molar-refractivity contribution >= 4 is 24.2 Å². The van der Waals surface area contributed by atoms with Crippen LogP contribution in [0.5, 0.6) is 0 Å². The van der Waals surface area contributed by atoms with E-state index >= 15 is 0 Å². The van der Waals surface area contributed by atoms with E-state index in [-0.39, 0.29) is 0 Å². The van der Waals surface area contributed by atoms with Crippen molar-refractivity contribution in [2.75, 3.05) is 16.0 Å². The molecule has 3 N–H and O–H groups in total. The molecular formula is C13H25BN4. The molecule has 0 aliphatic rings. The van der Waals surface area contributed by atoms with Crippen LogP contribution in [0.2, 0.25) is 0 Å². The van der Waals surface area contributed by atoms with Crippen molar-refractivity contribution in [3.63, 3.8) is 0 Å². The van der Waals surface area contributed by atoms with Gasteiger partial charge >= 0.3 is 111 Å². The molecule has 0 saturated carbocycles. The Morgan fingerprint density at radius 1 is 0.889 bits per heavy atom. The number of nitrogens with zero attached hydrogens (tertiary/aromatic N) is 1. The van der Waals surface area contributed by atoms with Gasteiger partial charge in [-0.2, -0.15) is 0 Å². The molecule has 0 aliphatic heterocycles. The molecule has 0 bridgehead atoms. The second-order valence-electron chi connectivity index (χ2n) is 5.48. The summed E-state index contributed by atoms with van der Waals surface area (Å²) in [4.78, 5) is 4.43. The summed E-state index contributed by atoms with van der Waals surface area (Å²) in [6, 6.07) is 1.13. The Bertz CT molecular complexity index is 349. The first kappa shape index (κ1) is 14.8. The van der Waals surface area contributed by atoms with E-state index in [0.29, 0.717) is 18.1 Å². The zero-order chi connectivity index (χ0) is 13.7. The molecule has 1 aromatic rings. The fourth-order valence-corrected chi connectivity index (χ4v) is 1.71. The summed E-state index contributed by atoms with van der Waals surface area (Å²) in [6.45, 7) is 12.8. The summed E-state index contributed by atoms with van der Waals surface area (Å²) >= 11 is 0. The third-order valence-electron chi connectivity index (χ3n) is 2.25. The summed E-state index contributed by atoms with van der Waals surface area (Å²) in [7, 11) is 1.83. The van der Waals surface area contributed by atoms with Crippen LogP contribution in [0.3, 0.4) is 0 Å². The summed E-state index contributed by atoms with van der Waals surface area (Å²) in [6.07, 6.45) is 0. The van der Waals surface area contributed by atoms with E-state index < -0.39 is 0 Å². The van der Waals surface area contributed by atoms with Gasteiger partial charge in [0.2, 0.25) is 0 Å². The summed E-state index contributed by atoms with van der Waals surface area (Å²) < 4.78 is 0. The van der Waals surface area contributed by atoms with E-state index in [1.807, 2.05) is 13.0 Å². The minimum absolute atomic E-state index is 0.361. The third kappa shape index (κ3) is 4.55. The Morgan fingerprint density at radius 2 is 1.44 bits per heavy atom. The van der Waals surface area contributed by atoms with Crippen molar-refractivity contribution < 1.29 is 0 Å². The van der Waals surface area contributed by atoms with E-state index in [9.17, 15) is 0 Å². The molecule has 1 rings (SSSR count). The average Bonchev–Trinajstić information content (AvgIpc) is 2.20. The summed E-state index contributed by atoms with van der Waals surface area (Å²) in [5, 5.41) is 10.3. The minimum atomic E-state index is 0.361. The van der Waals surface area contributed by atoms with Crippen LogP contribution in [0, 0.1) is 0 Å². The quantitative estimate of drug-likeness (QED) is 0.724. The molecular weight excluding hydrogens is 223 g/mol. The van der Waals surface area contributed by atoms with Gasteiger partial charge in [-0.1, -0.05) is 0 Å². The van der Waals surface area contributed by atoms with Gasteiger partial charge in [0.05, 0.1) is 0 Å². The molecule has 0 amide bonds. The zero-order valence-corrected chi connectivity index (χ0v) is 12.3. The van der Waals surface area contributed by atoms with Crippen molar-refractivity contribution in [1.29, 1.82) is 0 Å². The topological polar surface area (TPSA) is 49.0 Å². The van der Waals surface area contributed by atoms with Gasteiger partial charge in [-0.3, -0.25) is 0 Å². The summed E-state index contributed by atoms with van der Waals surface area (Å²) in [5.74, 6) is 2.92. The number of hydrogen-bond donors (Lipinski definition) is 3. The van der Waals surface area contributed by atoms with Crippen LogP contribution in [0.25, 0.3) is 0 Å². The number of rotatable bonds is 6. The molecule has 0 aromatic carbocycles. The Kier molecular flexibility index (Phi) is 5.44. The van der Waals surface area contributed by atoms with Gasteiger partial charge in [0.15, 0.2) is 0 Å². The van der Waals surface area contributed by atoms with Crippen LogP contribution < -0.4 is 16.0 Å². The van der Waals surface area contributed by atoms with Gasteiger partial charge in [-0.05, 0) is 0 Å². The second-order valence-corrected chi connectivity index (χ2v) is 5.48. The van der Waals surface area contributed by atoms with Crippen LogP contribution in [-0.2, 0) is 0 Å². The molecule has 1 heterocycles. The van der Waals surface area contributed by atoms with Crippen LogP contribution in [0.1, 0.15) is 41.5 Å². The Morgan fingerprint density at radius 3 is 1.94 bits per heavy atom. The van der Waals surface area contributed by atoms with Crippen molar-refractivity contribution in [2.45, 2.75) is 59.7 Å². The third-order valence-corrected chi connectivity index (χ3v) is 2.25. The molecule has 0 atom stereocenters. The fraction of sp³-hybridized carbons (Fsp3) is 0.692. The summed E-state index contributed by atoms with van der Waals surface area (Å²) in [5.41, 5.74) is 2.15. The Labute approximate surface area is 111 Å². The molecule has 0 spiro atoms. The first-order valence-corrected chi connectivity index (χ1v) is 6.68. The standard InChI is InChI=1S/C13H25BN4/c1-8(2)15-11-7-14-18-13(17-10(5)6)12(11)16-9(3)4/h7-10,15-16H,1-6H3,(H,17,18). The average molecular weight is 248 g/mol. The number of hydrogen-bond acceptors (Lipinski definition) is 4. The molecule has 0 radical (unpaired) electrons. The molecule has 0 fully saturated rings. The Hall–Kier alpha value is -1.26. The zero-order valence-electron chi connectivity index (χ0n) is 12.3. The van der Waals surface area contributed by atoms with E-state index in [1.54, 1.807) is 0 Å². The maximum absolute atomic E-state index is 4.43. The van der Waals surface area contributed by atoms with Crippen LogP contribution in [0.4, 0.5) is 17.2 Å². The number of nitrogens with one attached hydrogen (secondary N) is 3. The SMILES string of the molecule is CC(C)Nc1cbnc(NC(C)C)c1NC(C)C. The van der Waals surface area contributed by atoms with Gasteiger partial charge in [0, 0.05) is 0 Å². The molecule has 100 valence electrons. The molecule has 0 saturated heterocycles. The van der Waals surface area contributed by atoms with Gasteiger partial charge in [0.1, 0.15) is 0 Å². The van der Waals surface area contributed by atoms with E-state index in [2.05, 4.69) is 62.4 Å².